The van der Waals surface area contributed by atoms with E-state index >= 15 is 0 Å². The first kappa shape index (κ1) is 17.7. The molecule has 0 amide bonds. The van der Waals surface area contributed by atoms with E-state index in [2.05, 4.69) is 5.10 Å². The van der Waals surface area contributed by atoms with Gasteiger partial charge in [0.25, 0.3) is 0 Å². The smallest absolute Gasteiger partial charge is 0.126 e. The van der Waals surface area contributed by atoms with Crippen molar-refractivity contribution in [2.24, 2.45) is 0 Å². The molecule has 0 fully saturated rings. The van der Waals surface area contributed by atoms with Gasteiger partial charge in [-0.15, -0.1) is 0 Å². The summed E-state index contributed by atoms with van der Waals surface area (Å²) in [4.78, 5) is 0. The molecule has 1 aromatic heterocycles. The van der Waals surface area contributed by atoms with Gasteiger partial charge >= 0.3 is 0 Å². The fourth-order valence-electron chi connectivity index (χ4n) is 3.24. The first-order valence-corrected chi connectivity index (χ1v) is 8.97. The third-order valence-electron chi connectivity index (χ3n) is 4.92. The van der Waals surface area contributed by atoms with Gasteiger partial charge in [-0.1, -0.05) is 29.8 Å². The summed E-state index contributed by atoms with van der Waals surface area (Å²) in [6, 6.07) is 17.8. The van der Waals surface area contributed by atoms with Gasteiger partial charge in [0.2, 0.25) is 0 Å². The van der Waals surface area contributed by atoms with Crippen molar-refractivity contribution >= 4 is 22.5 Å². The molecule has 4 aromatic rings. The Labute approximate surface area is 161 Å². The minimum atomic E-state index is -1.16. The fraction of sp³-hybridized carbons (Fsp3) is 0.136. The molecule has 0 spiro atoms. The van der Waals surface area contributed by atoms with Crippen molar-refractivity contribution < 1.29 is 9.50 Å². The normalized spacial score (nSPS) is 13.7. The molecule has 0 aliphatic carbocycles. The molecule has 0 saturated heterocycles. The van der Waals surface area contributed by atoms with Gasteiger partial charge in [-0.3, -0.25) is 0 Å². The summed E-state index contributed by atoms with van der Waals surface area (Å²) >= 11 is 5.95. The number of rotatable bonds is 3. The van der Waals surface area contributed by atoms with Crippen LogP contribution in [0, 0.1) is 12.7 Å². The van der Waals surface area contributed by atoms with Gasteiger partial charge in [0, 0.05) is 10.4 Å². The maximum absolute atomic E-state index is 13.6. The lowest BCUT2D eigenvalue weighted by Crippen LogP contribution is -2.22. The zero-order valence-corrected chi connectivity index (χ0v) is 15.7. The van der Waals surface area contributed by atoms with Crippen molar-refractivity contribution in [1.82, 2.24) is 9.78 Å². The summed E-state index contributed by atoms with van der Waals surface area (Å²) in [7, 11) is 0. The van der Waals surface area contributed by atoms with E-state index < -0.39 is 5.60 Å². The molecule has 1 heterocycles. The number of aryl methyl sites for hydroxylation is 1. The Morgan fingerprint density at radius 1 is 1.00 bits per heavy atom. The van der Waals surface area contributed by atoms with Crippen LogP contribution in [0.3, 0.4) is 0 Å². The Kier molecular flexibility index (Phi) is 4.25. The predicted octanol–water partition coefficient (Wildman–Crippen LogP) is 5.38. The number of fused-ring (bicyclic) bond motifs is 1. The van der Waals surface area contributed by atoms with Crippen LogP contribution in [-0.2, 0) is 5.60 Å². The van der Waals surface area contributed by atoms with Gasteiger partial charge in [-0.25, -0.2) is 9.07 Å². The lowest BCUT2D eigenvalue weighted by molar-refractivity contribution is 0.102. The van der Waals surface area contributed by atoms with E-state index in [0.717, 1.165) is 27.7 Å². The predicted molar refractivity (Wildman–Crippen MR) is 106 cm³/mol. The van der Waals surface area contributed by atoms with E-state index in [1.54, 1.807) is 49.0 Å². The van der Waals surface area contributed by atoms with Gasteiger partial charge in [0.05, 0.1) is 17.4 Å². The number of halogens is 2. The van der Waals surface area contributed by atoms with Crippen molar-refractivity contribution in [2.75, 3.05) is 0 Å². The summed E-state index contributed by atoms with van der Waals surface area (Å²) < 4.78 is 15.3. The van der Waals surface area contributed by atoms with Gasteiger partial charge in [-0.2, -0.15) is 5.10 Å². The largest absolute Gasteiger partial charge is 0.381 e. The third-order valence-corrected chi connectivity index (χ3v) is 5.17. The zero-order chi connectivity index (χ0) is 19.2. The first-order chi connectivity index (χ1) is 12.9. The van der Waals surface area contributed by atoms with Crippen molar-refractivity contribution in [2.45, 2.75) is 19.4 Å². The lowest BCUT2D eigenvalue weighted by atomic mass is 9.88. The molecule has 3 aromatic carbocycles. The first-order valence-electron chi connectivity index (χ1n) is 8.59. The SMILES string of the molecule is Cc1cc(-n2ncc3cc(C(C)(O)c4ccc(Cl)cc4)ccc32)ccc1F. The highest BCUT2D eigenvalue weighted by Crippen LogP contribution is 2.32. The maximum Gasteiger partial charge on any atom is 0.126 e. The van der Waals surface area contributed by atoms with Crippen LogP contribution in [0.1, 0.15) is 23.6 Å². The van der Waals surface area contributed by atoms with Crippen molar-refractivity contribution in [3.63, 3.8) is 0 Å². The number of aromatic nitrogens is 2. The molecule has 1 atom stereocenters. The summed E-state index contributed by atoms with van der Waals surface area (Å²) in [6.45, 7) is 3.48. The molecular weight excluding hydrogens is 363 g/mol. The van der Waals surface area contributed by atoms with Gasteiger partial charge < -0.3 is 5.11 Å². The Morgan fingerprint density at radius 3 is 2.41 bits per heavy atom. The Hall–Kier alpha value is -2.69. The number of benzene rings is 3. The molecule has 1 N–H and O–H groups in total. The highest BCUT2D eigenvalue weighted by atomic mass is 35.5. The molecule has 0 radical (unpaired) electrons. The van der Waals surface area contributed by atoms with Crippen molar-refractivity contribution in [1.29, 1.82) is 0 Å². The van der Waals surface area contributed by atoms with Crippen LogP contribution in [0.2, 0.25) is 5.02 Å². The lowest BCUT2D eigenvalue weighted by Gasteiger charge is -2.24. The van der Waals surface area contributed by atoms with Crippen molar-refractivity contribution in [3.8, 4) is 5.69 Å². The average Bonchev–Trinajstić information content (AvgIpc) is 3.07. The van der Waals surface area contributed by atoms with Crippen LogP contribution in [-0.4, -0.2) is 14.9 Å². The second-order valence-corrected chi connectivity index (χ2v) is 7.28. The second-order valence-electron chi connectivity index (χ2n) is 6.84. The molecule has 5 heteroatoms. The van der Waals surface area contributed by atoms with E-state index in [1.165, 1.54) is 6.07 Å². The molecule has 3 nitrogen and oxygen atoms in total. The molecule has 1 unspecified atom stereocenters. The number of nitrogens with zero attached hydrogens (tertiary/aromatic N) is 2. The van der Waals surface area contributed by atoms with Crippen molar-refractivity contribution in [3.05, 3.63) is 94.4 Å². The van der Waals surface area contributed by atoms with Crippen LogP contribution < -0.4 is 0 Å². The van der Waals surface area contributed by atoms with Gasteiger partial charge in [0.15, 0.2) is 0 Å². The minimum absolute atomic E-state index is 0.239. The summed E-state index contributed by atoms with van der Waals surface area (Å²) in [5, 5.41) is 17.0. The quantitative estimate of drug-likeness (QED) is 0.518. The number of aliphatic hydroxyl groups is 1. The Bertz CT molecular complexity index is 1130. The highest BCUT2D eigenvalue weighted by molar-refractivity contribution is 6.30. The van der Waals surface area contributed by atoms with Crippen LogP contribution in [0.15, 0.2) is 66.9 Å². The third kappa shape index (κ3) is 3.11. The molecule has 0 bridgehead atoms. The number of hydrogen-bond donors (Lipinski definition) is 1. The summed E-state index contributed by atoms with van der Waals surface area (Å²) in [6.07, 6.45) is 1.75. The van der Waals surface area contributed by atoms with Gasteiger partial charge in [0.1, 0.15) is 11.4 Å². The van der Waals surface area contributed by atoms with Crippen LogP contribution in [0.5, 0.6) is 0 Å². The zero-order valence-electron chi connectivity index (χ0n) is 14.9. The van der Waals surface area contributed by atoms with Crippen LogP contribution >= 0.6 is 11.6 Å². The van der Waals surface area contributed by atoms with Crippen LogP contribution in [0.25, 0.3) is 16.6 Å². The van der Waals surface area contributed by atoms with E-state index in [9.17, 15) is 9.50 Å². The van der Waals surface area contributed by atoms with E-state index in [-0.39, 0.29) is 5.82 Å². The van der Waals surface area contributed by atoms with Crippen LogP contribution in [0.4, 0.5) is 4.39 Å². The summed E-state index contributed by atoms with van der Waals surface area (Å²) in [5.41, 5.74) is 2.60. The standard InChI is InChI=1S/C22H18ClFN2O/c1-14-11-19(8-9-20(14)24)26-21-10-5-17(12-15(21)13-25-26)22(2,27)16-3-6-18(23)7-4-16/h3-13,27H,1-2H3. The molecule has 4 rings (SSSR count). The average molecular weight is 381 g/mol. The molecule has 136 valence electrons. The Morgan fingerprint density at radius 2 is 1.70 bits per heavy atom. The molecule has 0 aliphatic rings. The van der Waals surface area contributed by atoms with E-state index in [0.29, 0.717) is 10.6 Å². The van der Waals surface area contributed by atoms with E-state index in [1.807, 2.05) is 30.3 Å². The molecular formula is C22H18ClFN2O. The Balaban J connectivity index is 1.78. The summed E-state index contributed by atoms with van der Waals surface area (Å²) in [5.74, 6) is -0.239. The monoisotopic (exact) mass is 380 g/mol. The maximum atomic E-state index is 13.6. The van der Waals surface area contributed by atoms with Gasteiger partial charge in [-0.05, 0) is 73.0 Å². The topological polar surface area (TPSA) is 38.0 Å². The highest BCUT2D eigenvalue weighted by Gasteiger charge is 2.26. The molecule has 27 heavy (non-hydrogen) atoms. The van der Waals surface area contributed by atoms with E-state index in [4.69, 9.17) is 11.6 Å². The molecule has 0 saturated carbocycles. The second kappa shape index (κ2) is 6.48. The minimum Gasteiger partial charge on any atom is -0.381 e. The number of hydrogen-bond acceptors (Lipinski definition) is 2. The fourth-order valence-corrected chi connectivity index (χ4v) is 3.37. The molecule has 0 aliphatic heterocycles.